The Morgan fingerprint density at radius 3 is 1.79 bits per heavy atom. The number of nitrogens with two attached hydrogens (primary N) is 4. The van der Waals surface area contributed by atoms with Crippen LogP contribution >= 0.6 is 12.4 Å². The Balaban J connectivity index is 0.00000324. The maximum Gasteiger partial charge on any atom is 0.328 e. The Kier molecular flexibility index (Phi) is 9.10. The Hall–Kier alpha value is -1.99. The first-order valence-electron chi connectivity index (χ1n) is 12.1. The highest BCUT2D eigenvalue weighted by Crippen LogP contribution is 2.28. The summed E-state index contributed by atoms with van der Waals surface area (Å²) in [5, 5.41) is 0. The molecule has 0 bridgehead atoms. The number of esters is 1. The molecule has 1 aromatic rings. The summed E-state index contributed by atoms with van der Waals surface area (Å²) in [7, 11) is 0. The summed E-state index contributed by atoms with van der Waals surface area (Å²) in [6.45, 7) is 5.26. The van der Waals surface area contributed by atoms with Crippen molar-refractivity contribution in [2.24, 2.45) is 22.9 Å². The van der Waals surface area contributed by atoms with Crippen LogP contribution in [0.4, 0.5) is 17.8 Å². The number of anilines is 3. The zero-order valence-corrected chi connectivity index (χ0v) is 20.7. The molecule has 1 unspecified atom stereocenters. The molecule has 0 saturated carbocycles. The van der Waals surface area contributed by atoms with Gasteiger partial charge in [0.25, 0.3) is 0 Å². The van der Waals surface area contributed by atoms with Gasteiger partial charge in [0.15, 0.2) is 0 Å². The number of rotatable bonds is 5. The van der Waals surface area contributed by atoms with Gasteiger partial charge in [-0.25, -0.2) is 4.79 Å². The van der Waals surface area contributed by atoms with E-state index in [9.17, 15) is 4.79 Å². The van der Waals surface area contributed by atoms with Gasteiger partial charge >= 0.3 is 5.97 Å². The first-order valence-corrected chi connectivity index (χ1v) is 12.1. The lowest BCUT2D eigenvalue weighted by Gasteiger charge is -2.38. The van der Waals surface area contributed by atoms with Crippen LogP contribution in [0.15, 0.2) is 0 Å². The van der Waals surface area contributed by atoms with Gasteiger partial charge < -0.3 is 42.4 Å². The minimum Gasteiger partial charge on any atom is -0.464 e. The third-order valence-electron chi connectivity index (χ3n) is 6.51. The second kappa shape index (κ2) is 11.6. The molecule has 0 aromatic carbocycles. The molecule has 3 aliphatic rings. The van der Waals surface area contributed by atoms with Crippen molar-refractivity contribution in [1.29, 1.82) is 0 Å². The Morgan fingerprint density at radius 2 is 1.32 bits per heavy atom. The van der Waals surface area contributed by atoms with Gasteiger partial charge in [0.2, 0.25) is 17.8 Å². The zero-order chi connectivity index (χ0) is 23.5. The number of ether oxygens (including phenoxy) is 1. The molecule has 0 radical (unpaired) electrons. The van der Waals surface area contributed by atoms with E-state index < -0.39 is 6.04 Å². The van der Waals surface area contributed by atoms with E-state index in [-0.39, 0.29) is 42.5 Å². The van der Waals surface area contributed by atoms with Crippen molar-refractivity contribution in [2.75, 3.05) is 54.0 Å². The van der Waals surface area contributed by atoms with Crippen LogP contribution in [0.2, 0.25) is 0 Å². The lowest BCUT2D eigenvalue weighted by atomic mass is 10.0. The van der Waals surface area contributed by atoms with Crippen molar-refractivity contribution in [3.63, 3.8) is 0 Å². The van der Waals surface area contributed by atoms with Crippen molar-refractivity contribution in [3.8, 4) is 0 Å². The number of aromatic nitrogens is 3. The average Bonchev–Trinajstić information content (AvgIpc) is 2.77. The monoisotopic (exact) mass is 498 g/mol. The molecule has 12 nitrogen and oxygen atoms in total. The first-order chi connectivity index (χ1) is 15.8. The molecule has 13 heteroatoms. The van der Waals surface area contributed by atoms with E-state index in [2.05, 4.69) is 0 Å². The van der Waals surface area contributed by atoms with E-state index in [1.807, 2.05) is 21.6 Å². The number of halogens is 1. The van der Waals surface area contributed by atoms with Crippen molar-refractivity contribution >= 4 is 36.2 Å². The van der Waals surface area contributed by atoms with Gasteiger partial charge in [-0.3, -0.25) is 0 Å². The lowest BCUT2D eigenvalue weighted by molar-refractivity contribution is -0.145. The standard InChI is InChI=1S/C21H38N10O2.ClH/c1-2-33-18(32)17-5-3-4-6-31(17)21-27-19(29-9-13(22)7-14(23)10-29)26-20(28-21)30-11-15(24)8-16(25)12-30;/h13-17H,2-12,22-25H2,1H3;1H/t13-,14+,15-,16+,17?;. The summed E-state index contributed by atoms with van der Waals surface area (Å²) in [5.41, 5.74) is 25.0. The molecule has 5 atom stereocenters. The van der Waals surface area contributed by atoms with Crippen molar-refractivity contribution < 1.29 is 9.53 Å². The van der Waals surface area contributed by atoms with Crippen LogP contribution < -0.4 is 37.6 Å². The number of nitrogens with zero attached hydrogens (tertiary/aromatic N) is 6. The quantitative estimate of drug-likeness (QED) is 0.362. The van der Waals surface area contributed by atoms with Gasteiger partial charge in [-0.2, -0.15) is 15.0 Å². The first kappa shape index (κ1) is 26.6. The van der Waals surface area contributed by atoms with Crippen LogP contribution in [0.5, 0.6) is 0 Å². The summed E-state index contributed by atoms with van der Waals surface area (Å²) in [6.07, 6.45) is 4.12. The van der Waals surface area contributed by atoms with E-state index >= 15 is 0 Å². The van der Waals surface area contributed by atoms with E-state index in [1.165, 1.54) is 0 Å². The largest absolute Gasteiger partial charge is 0.464 e. The smallest absolute Gasteiger partial charge is 0.328 e. The van der Waals surface area contributed by atoms with Gasteiger partial charge in [-0.15, -0.1) is 12.4 Å². The van der Waals surface area contributed by atoms with Crippen LogP contribution in [0.1, 0.15) is 39.0 Å². The predicted molar refractivity (Wildman–Crippen MR) is 134 cm³/mol. The number of hydrogen-bond donors (Lipinski definition) is 4. The van der Waals surface area contributed by atoms with Gasteiger partial charge in [-0.1, -0.05) is 0 Å². The highest BCUT2D eigenvalue weighted by Gasteiger charge is 2.34. The maximum absolute atomic E-state index is 12.7. The third-order valence-corrected chi connectivity index (χ3v) is 6.51. The number of hydrogen-bond acceptors (Lipinski definition) is 12. The lowest BCUT2D eigenvalue weighted by Crippen LogP contribution is -2.54. The summed E-state index contributed by atoms with van der Waals surface area (Å²) >= 11 is 0. The van der Waals surface area contributed by atoms with E-state index in [4.69, 9.17) is 42.6 Å². The Bertz CT molecular complexity index is 768. The number of piperidine rings is 3. The van der Waals surface area contributed by atoms with Crippen molar-refractivity contribution in [1.82, 2.24) is 15.0 Å². The fourth-order valence-electron chi connectivity index (χ4n) is 5.09. The molecule has 4 rings (SSSR count). The normalized spacial score (nSPS) is 30.0. The molecule has 4 heterocycles. The fraction of sp³-hybridized carbons (Fsp3) is 0.810. The van der Waals surface area contributed by atoms with Crippen molar-refractivity contribution in [3.05, 3.63) is 0 Å². The second-order valence-corrected chi connectivity index (χ2v) is 9.51. The molecule has 3 fully saturated rings. The van der Waals surface area contributed by atoms with Crippen LogP contribution in [-0.2, 0) is 9.53 Å². The number of carbonyl (C=O) groups excluding carboxylic acids is 1. The van der Waals surface area contributed by atoms with Crippen LogP contribution in [0, 0.1) is 0 Å². The molecule has 8 N–H and O–H groups in total. The topological polar surface area (TPSA) is 179 Å². The molecule has 0 spiro atoms. The molecule has 1 aromatic heterocycles. The molecular weight excluding hydrogens is 460 g/mol. The minimum absolute atomic E-state index is 0. The van der Waals surface area contributed by atoms with Gasteiger partial charge in [-0.05, 0) is 39.0 Å². The summed E-state index contributed by atoms with van der Waals surface area (Å²) in [5.74, 6) is 1.25. The molecular formula is C21H39ClN10O2. The predicted octanol–water partition coefficient (Wildman–Crippen LogP) is -1.06. The highest BCUT2D eigenvalue weighted by molar-refractivity contribution is 5.85. The van der Waals surface area contributed by atoms with E-state index in [1.54, 1.807) is 0 Å². The zero-order valence-electron chi connectivity index (χ0n) is 19.9. The van der Waals surface area contributed by atoms with E-state index in [0.29, 0.717) is 63.6 Å². The molecule has 0 aliphatic carbocycles. The van der Waals surface area contributed by atoms with Gasteiger partial charge in [0, 0.05) is 56.9 Å². The molecule has 3 saturated heterocycles. The highest BCUT2D eigenvalue weighted by atomic mass is 35.5. The second-order valence-electron chi connectivity index (χ2n) is 9.51. The van der Waals surface area contributed by atoms with Crippen molar-refractivity contribution in [2.45, 2.75) is 69.2 Å². The molecule has 0 amide bonds. The van der Waals surface area contributed by atoms with Gasteiger partial charge in [0.1, 0.15) is 6.04 Å². The van der Waals surface area contributed by atoms with Crippen LogP contribution in [-0.4, -0.2) is 90.5 Å². The molecule has 3 aliphatic heterocycles. The molecule has 34 heavy (non-hydrogen) atoms. The minimum atomic E-state index is -0.418. The fourth-order valence-corrected chi connectivity index (χ4v) is 5.09. The Labute approximate surface area is 207 Å². The SMILES string of the molecule is CCOC(=O)C1CCCCN1c1nc(N2C[C@H](N)C[C@H](N)C2)nc(N2C[C@H](N)C[C@H](N)C2)n1.Cl. The summed E-state index contributed by atoms with van der Waals surface area (Å²) in [6, 6.07) is -0.653. The Morgan fingerprint density at radius 1 is 0.853 bits per heavy atom. The number of carbonyl (C=O) groups is 1. The maximum atomic E-state index is 12.7. The summed E-state index contributed by atoms with van der Waals surface area (Å²) < 4.78 is 5.34. The van der Waals surface area contributed by atoms with Crippen LogP contribution in [0.3, 0.4) is 0 Å². The van der Waals surface area contributed by atoms with Crippen LogP contribution in [0.25, 0.3) is 0 Å². The molecule has 192 valence electrons. The summed E-state index contributed by atoms with van der Waals surface area (Å²) in [4.78, 5) is 33.1. The van der Waals surface area contributed by atoms with Gasteiger partial charge in [0.05, 0.1) is 6.61 Å². The third kappa shape index (κ3) is 6.16. The average molecular weight is 499 g/mol. The van der Waals surface area contributed by atoms with E-state index in [0.717, 1.165) is 25.7 Å².